The van der Waals surface area contributed by atoms with Gasteiger partial charge in [0.25, 0.3) is 0 Å². The van der Waals surface area contributed by atoms with Gasteiger partial charge in [0, 0.05) is 5.92 Å². The van der Waals surface area contributed by atoms with Gasteiger partial charge in [-0.15, -0.1) is 0 Å². The number of nitrogens with one attached hydrogen (secondary N) is 1. The highest BCUT2D eigenvalue weighted by Crippen LogP contribution is 2.30. The van der Waals surface area contributed by atoms with E-state index in [4.69, 9.17) is 0 Å². The summed E-state index contributed by atoms with van der Waals surface area (Å²) >= 11 is 0. The minimum atomic E-state index is -0.409. The first-order valence-corrected chi connectivity index (χ1v) is 4.24. The lowest BCUT2D eigenvalue weighted by atomic mass is 10.3. The standard InChI is InChI=1S/C10H9FNO/c11-8-3-1-2-4-9(8)12-10(13)7-5-6-7/h1,3-4,7H,5-6H2,(H,12,13). The summed E-state index contributed by atoms with van der Waals surface area (Å²) in [7, 11) is 0. The second kappa shape index (κ2) is 3.17. The molecule has 1 fully saturated rings. The number of hydrogen-bond acceptors (Lipinski definition) is 1. The van der Waals surface area contributed by atoms with Crippen LogP contribution in [0.25, 0.3) is 0 Å². The number of halogens is 1. The lowest BCUT2D eigenvalue weighted by molar-refractivity contribution is -0.117. The molecule has 0 aromatic heterocycles. The maximum Gasteiger partial charge on any atom is 0.227 e. The van der Waals surface area contributed by atoms with E-state index in [1.54, 1.807) is 0 Å². The molecule has 0 aliphatic heterocycles. The molecular formula is C10H9FNO. The number of carbonyl (C=O) groups excluding carboxylic acids is 1. The van der Waals surface area contributed by atoms with E-state index >= 15 is 0 Å². The molecule has 1 aromatic carbocycles. The Bertz CT molecular complexity index is 333. The Morgan fingerprint density at radius 2 is 2.38 bits per heavy atom. The normalized spacial score (nSPS) is 15.5. The molecule has 1 aliphatic rings. The van der Waals surface area contributed by atoms with Crippen molar-refractivity contribution in [3.63, 3.8) is 0 Å². The molecule has 13 heavy (non-hydrogen) atoms. The van der Waals surface area contributed by atoms with Crippen molar-refractivity contribution in [2.75, 3.05) is 5.32 Å². The molecule has 1 amide bonds. The number of anilines is 1. The molecule has 1 aliphatic carbocycles. The second-order valence-corrected chi connectivity index (χ2v) is 3.17. The van der Waals surface area contributed by atoms with Gasteiger partial charge in [0.1, 0.15) is 5.82 Å². The number of rotatable bonds is 2. The average molecular weight is 178 g/mol. The van der Waals surface area contributed by atoms with Crippen LogP contribution in [-0.2, 0) is 4.79 Å². The molecule has 0 bridgehead atoms. The van der Waals surface area contributed by atoms with Gasteiger partial charge in [0.15, 0.2) is 0 Å². The first-order valence-electron chi connectivity index (χ1n) is 4.24. The van der Waals surface area contributed by atoms with E-state index in [2.05, 4.69) is 11.4 Å². The van der Waals surface area contributed by atoms with Crippen LogP contribution >= 0.6 is 0 Å². The molecule has 0 atom stereocenters. The van der Waals surface area contributed by atoms with Crippen molar-refractivity contribution < 1.29 is 9.18 Å². The molecule has 67 valence electrons. The van der Waals surface area contributed by atoms with Gasteiger partial charge in [-0.3, -0.25) is 4.79 Å². The number of hydrogen-bond donors (Lipinski definition) is 1. The molecule has 0 unspecified atom stereocenters. The van der Waals surface area contributed by atoms with Crippen LogP contribution in [-0.4, -0.2) is 5.91 Å². The maximum absolute atomic E-state index is 13.0. The highest BCUT2D eigenvalue weighted by atomic mass is 19.1. The summed E-state index contributed by atoms with van der Waals surface area (Å²) in [5, 5.41) is 2.53. The zero-order valence-electron chi connectivity index (χ0n) is 7.01. The van der Waals surface area contributed by atoms with Gasteiger partial charge in [0.05, 0.1) is 5.69 Å². The van der Waals surface area contributed by atoms with Gasteiger partial charge < -0.3 is 5.32 Å². The quantitative estimate of drug-likeness (QED) is 0.737. The minimum absolute atomic E-state index is 0.0847. The van der Waals surface area contributed by atoms with Crippen molar-refractivity contribution in [1.82, 2.24) is 0 Å². The van der Waals surface area contributed by atoms with Crippen LogP contribution in [0.5, 0.6) is 0 Å². The fraction of sp³-hybridized carbons (Fsp3) is 0.300. The number of carbonyl (C=O) groups is 1. The molecule has 0 heterocycles. The minimum Gasteiger partial charge on any atom is -0.323 e. The third kappa shape index (κ3) is 1.86. The summed E-state index contributed by atoms with van der Waals surface area (Å²) in [6.07, 6.45) is 1.84. The second-order valence-electron chi connectivity index (χ2n) is 3.17. The summed E-state index contributed by atoms with van der Waals surface area (Å²) in [4.78, 5) is 11.2. The Labute approximate surface area is 75.8 Å². The van der Waals surface area contributed by atoms with Crippen molar-refractivity contribution in [1.29, 1.82) is 0 Å². The Morgan fingerprint density at radius 3 is 3.00 bits per heavy atom. The molecule has 0 spiro atoms. The smallest absolute Gasteiger partial charge is 0.227 e. The maximum atomic E-state index is 13.0. The van der Waals surface area contributed by atoms with Crippen LogP contribution in [0.4, 0.5) is 10.1 Å². The van der Waals surface area contributed by atoms with E-state index in [9.17, 15) is 9.18 Å². The van der Waals surface area contributed by atoms with E-state index in [-0.39, 0.29) is 17.5 Å². The lowest BCUT2D eigenvalue weighted by Gasteiger charge is -2.03. The van der Waals surface area contributed by atoms with E-state index in [0.29, 0.717) is 0 Å². The Hall–Kier alpha value is -1.38. The summed E-state index contributed by atoms with van der Waals surface area (Å²) in [6, 6.07) is 6.91. The zero-order valence-corrected chi connectivity index (χ0v) is 7.01. The summed E-state index contributed by atoms with van der Waals surface area (Å²) in [5.41, 5.74) is 0.222. The van der Waals surface area contributed by atoms with Crippen molar-refractivity contribution in [3.8, 4) is 0 Å². The van der Waals surface area contributed by atoms with Crippen LogP contribution in [0.3, 0.4) is 0 Å². The van der Waals surface area contributed by atoms with E-state index in [1.165, 1.54) is 18.2 Å². The molecule has 1 saturated carbocycles. The Morgan fingerprint density at radius 1 is 1.62 bits per heavy atom. The van der Waals surface area contributed by atoms with Gasteiger partial charge in [-0.2, -0.15) is 0 Å². The number of amides is 1. The van der Waals surface area contributed by atoms with Gasteiger partial charge in [-0.1, -0.05) is 6.07 Å². The van der Waals surface area contributed by atoms with E-state index in [0.717, 1.165) is 12.8 Å². The highest BCUT2D eigenvalue weighted by molar-refractivity contribution is 5.94. The van der Waals surface area contributed by atoms with Gasteiger partial charge >= 0.3 is 0 Å². The van der Waals surface area contributed by atoms with Crippen LogP contribution < -0.4 is 5.32 Å². The van der Waals surface area contributed by atoms with Crippen LogP contribution in [0.1, 0.15) is 12.8 Å². The molecule has 2 rings (SSSR count). The SMILES string of the molecule is O=C(Nc1c[c]ccc1F)C1CC1. The van der Waals surface area contributed by atoms with Crippen molar-refractivity contribution in [3.05, 3.63) is 30.1 Å². The van der Waals surface area contributed by atoms with Gasteiger partial charge in [0.2, 0.25) is 5.91 Å². The molecule has 3 heteroatoms. The largest absolute Gasteiger partial charge is 0.323 e. The van der Waals surface area contributed by atoms with Crippen molar-refractivity contribution in [2.24, 2.45) is 5.92 Å². The lowest BCUT2D eigenvalue weighted by Crippen LogP contribution is -2.14. The Kier molecular flexibility index (Phi) is 2.00. The summed E-state index contributed by atoms with van der Waals surface area (Å²) < 4.78 is 13.0. The van der Waals surface area contributed by atoms with E-state index < -0.39 is 5.82 Å². The van der Waals surface area contributed by atoms with Crippen LogP contribution in [0, 0.1) is 17.8 Å². The monoisotopic (exact) mass is 178 g/mol. The molecule has 1 aromatic rings. The fourth-order valence-electron chi connectivity index (χ4n) is 1.09. The number of benzene rings is 1. The molecular weight excluding hydrogens is 169 g/mol. The van der Waals surface area contributed by atoms with Crippen LogP contribution in [0.2, 0.25) is 0 Å². The third-order valence-corrected chi connectivity index (χ3v) is 2.02. The third-order valence-electron chi connectivity index (χ3n) is 2.02. The van der Waals surface area contributed by atoms with Crippen molar-refractivity contribution >= 4 is 11.6 Å². The summed E-state index contributed by atoms with van der Waals surface area (Å²) in [5.74, 6) is -0.397. The van der Waals surface area contributed by atoms with Gasteiger partial charge in [-0.25, -0.2) is 4.39 Å². The molecule has 2 nitrogen and oxygen atoms in total. The van der Waals surface area contributed by atoms with E-state index in [1.807, 2.05) is 0 Å². The highest BCUT2D eigenvalue weighted by Gasteiger charge is 2.29. The van der Waals surface area contributed by atoms with Gasteiger partial charge in [-0.05, 0) is 31.0 Å². The average Bonchev–Trinajstić information content (AvgIpc) is 2.91. The predicted octanol–water partition coefficient (Wildman–Crippen LogP) is 1.97. The molecule has 1 radical (unpaired) electrons. The first-order chi connectivity index (χ1) is 6.27. The molecule has 1 N–H and O–H groups in total. The topological polar surface area (TPSA) is 29.1 Å². The Balaban J connectivity index is 2.08. The summed E-state index contributed by atoms with van der Waals surface area (Å²) in [6.45, 7) is 0. The predicted molar refractivity (Wildman–Crippen MR) is 46.6 cm³/mol. The first kappa shape index (κ1) is 8.23. The fourth-order valence-corrected chi connectivity index (χ4v) is 1.09. The zero-order chi connectivity index (χ0) is 9.26. The molecule has 0 saturated heterocycles. The van der Waals surface area contributed by atoms with Crippen molar-refractivity contribution in [2.45, 2.75) is 12.8 Å². The van der Waals surface area contributed by atoms with Crippen LogP contribution in [0.15, 0.2) is 18.2 Å².